The number of hydrogen-bond donors (Lipinski definition) is 2. The highest BCUT2D eigenvalue weighted by Crippen LogP contribution is 2.27. The lowest BCUT2D eigenvalue weighted by molar-refractivity contribution is 0.0957. The van der Waals surface area contributed by atoms with E-state index in [1.165, 1.54) is 17.6 Å². The fourth-order valence-electron chi connectivity index (χ4n) is 1.59. The smallest absolute Gasteiger partial charge is 0.291 e. The van der Waals surface area contributed by atoms with E-state index in [-0.39, 0.29) is 17.6 Å². The Labute approximate surface area is 114 Å². The lowest BCUT2D eigenvalue weighted by atomic mass is 10.3. The molecule has 2 amide bonds. The van der Waals surface area contributed by atoms with E-state index in [9.17, 15) is 9.59 Å². The van der Waals surface area contributed by atoms with Crippen LogP contribution in [0.2, 0.25) is 0 Å². The molecular weight excluding hydrogens is 264 g/mol. The maximum Gasteiger partial charge on any atom is 0.291 e. The van der Waals surface area contributed by atoms with E-state index >= 15 is 0 Å². The van der Waals surface area contributed by atoms with Gasteiger partial charge in [0.1, 0.15) is 0 Å². The number of furan rings is 1. The minimum absolute atomic E-state index is 0.122. The molecule has 2 rings (SSSR count). The minimum Gasteiger partial charge on any atom is -0.459 e. The van der Waals surface area contributed by atoms with Gasteiger partial charge in [-0.05, 0) is 37.6 Å². The number of hydrogen-bond acceptors (Lipinski definition) is 4. The Bertz CT molecular complexity index is 587. The fourth-order valence-corrected chi connectivity index (χ4v) is 2.58. The molecular formula is C13H14N2O3S. The van der Waals surface area contributed by atoms with E-state index in [4.69, 9.17) is 4.42 Å². The first-order chi connectivity index (χ1) is 9.11. The summed E-state index contributed by atoms with van der Waals surface area (Å²) >= 11 is 1.25. The zero-order valence-corrected chi connectivity index (χ0v) is 11.5. The molecule has 0 atom stereocenters. The first kappa shape index (κ1) is 13.4. The van der Waals surface area contributed by atoms with E-state index in [0.717, 1.165) is 5.56 Å². The number of amides is 2. The summed E-state index contributed by atoms with van der Waals surface area (Å²) in [6, 6.07) is 5.01. The van der Waals surface area contributed by atoms with Gasteiger partial charge >= 0.3 is 0 Å². The molecule has 2 aromatic rings. The summed E-state index contributed by atoms with van der Waals surface area (Å²) in [5.41, 5.74) is 0.839. The predicted molar refractivity (Wildman–Crippen MR) is 73.7 cm³/mol. The molecule has 2 aromatic heterocycles. The number of rotatable bonds is 4. The maximum absolute atomic E-state index is 11.8. The van der Waals surface area contributed by atoms with Crippen LogP contribution in [-0.2, 0) is 0 Å². The van der Waals surface area contributed by atoms with Crippen LogP contribution < -0.4 is 10.6 Å². The van der Waals surface area contributed by atoms with Crippen LogP contribution in [0.15, 0.2) is 28.9 Å². The van der Waals surface area contributed by atoms with Crippen molar-refractivity contribution in [2.24, 2.45) is 0 Å². The van der Waals surface area contributed by atoms with Gasteiger partial charge in [-0.1, -0.05) is 0 Å². The van der Waals surface area contributed by atoms with Gasteiger partial charge in [0.25, 0.3) is 11.8 Å². The summed E-state index contributed by atoms with van der Waals surface area (Å²) in [4.78, 5) is 24.2. The molecule has 6 heteroatoms. The molecule has 19 heavy (non-hydrogen) atoms. The molecule has 0 aliphatic carbocycles. The number of anilines is 1. The van der Waals surface area contributed by atoms with Crippen molar-refractivity contribution in [3.63, 3.8) is 0 Å². The van der Waals surface area contributed by atoms with E-state index in [2.05, 4.69) is 10.6 Å². The van der Waals surface area contributed by atoms with Crippen molar-refractivity contribution in [3.05, 3.63) is 40.7 Å². The van der Waals surface area contributed by atoms with Crippen molar-refractivity contribution >= 4 is 28.2 Å². The lowest BCUT2D eigenvalue weighted by Gasteiger charge is -1.99. The van der Waals surface area contributed by atoms with Crippen LogP contribution in [0.3, 0.4) is 0 Å². The summed E-state index contributed by atoms with van der Waals surface area (Å²) in [6.07, 6.45) is 1.44. The third-order valence-corrected chi connectivity index (χ3v) is 3.59. The number of carbonyl (C=O) groups excluding carboxylic acids is 2. The molecule has 0 fully saturated rings. The molecule has 0 radical (unpaired) electrons. The average molecular weight is 278 g/mol. The summed E-state index contributed by atoms with van der Waals surface area (Å²) in [6.45, 7) is 4.27. The summed E-state index contributed by atoms with van der Waals surface area (Å²) in [5.74, 6) is -0.206. The van der Waals surface area contributed by atoms with Gasteiger partial charge in [-0.3, -0.25) is 9.59 Å². The molecule has 0 spiro atoms. The second-order valence-corrected chi connectivity index (χ2v) is 4.97. The zero-order valence-electron chi connectivity index (χ0n) is 10.6. The van der Waals surface area contributed by atoms with Crippen LogP contribution in [0.1, 0.15) is 32.7 Å². The minimum atomic E-state index is -0.325. The summed E-state index contributed by atoms with van der Waals surface area (Å²) in [7, 11) is 0. The number of nitrogens with one attached hydrogen (secondary N) is 2. The normalized spacial score (nSPS) is 10.2. The third kappa shape index (κ3) is 3.03. The van der Waals surface area contributed by atoms with Gasteiger partial charge in [0.15, 0.2) is 5.76 Å². The molecule has 0 aliphatic rings. The quantitative estimate of drug-likeness (QED) is 0.903. The average Bonchev–Trinajstić information content (AvgIpc) is 2.99. The van der Waals surface area contributed by atoms with E-state index in [1.54, 1.807) is 18.2 Å². The third-order valence-electron chi connectivity index (χ3n) is 2.44. The van der Waals surface area contributed by atoms with Gasteiger partial charge in [-0.25, -0.2) is 0 Å². The van der Waals surface area contributed by atoms with E-state index in [1.807, 2.05) is 13.8 Å². The molecule has 0 aliphatic heterocycles. The largest absolute Gasteiger partial charge is 0.459 e. The molecule has 2 heterocycles. The van der Waals surface area contributed by atoms with Crippen LogP contribution in [0, 0.1) is 6.92 Å². The van der Waals surface area contributed by atoms with E-state index in [0.29, 0.717) is 16.4 Å². The van der Waals surface area contributed by atoms with Crippen LogP contribution in [-0.4, -0.2) is 18.4 Å². The highest BCUT2D eigenvalue weighted by atomic mass is 32.1. The summed E-state index contributed by atoms with van der Waals surface area (Å²) < 4.78 is 5.00. The van der Waals surface area contributed by atoms with Crippen molar-refractivity contribution in [1.29, 1.82) is 0 Å². The molecule has 0 bridgehead atoms. The van der Waals surface area contributed by atoms with E-state index < -0.39 is 0 Å². The molecule has 0 saturated heterocycles. The van der Waals surface area contributed by atoms with Crippen molar-refractivity contribution in [3.8, 4) is 0 Å². The Kier molecular flexibility index (Phi) is 4.01. The highest BCUT2D eigenvalue weighted by molar-refractivity contribution is 7.18. The molecule has 5 nitrogen and oxygen atoms in total. The Hall–Kier alpha value is -2.08. The molecule has 0 aromatic carbocycles. The van der Waals surface area contributed by atoms with Gasteiger partial charge in [-0.15, -0.1) is 11.3 Å². The predicted octanol–water partition coefficient (Wildman–Crippen LogP) is 2.65. The monoisotopic (exact) mass is 278 g/mol. The standard InChI is InChI=1S/C13H14N2O3S/c1-3-14-13(17)11-8(2)7-10(19-11)15-12(16)9-5-4-6-18-9/h4-7H,3H2,1-2H3,(H,14,17)(H,15,16). The molecule has 100 valence electrons. The summed E-state index contributed by atoms with van der Waals surface area (Å²) in [5, 5.41) is 6.07. The Morgan fingerprint density at radius 3 is 2.79 bits per heavy atom. The fraction of sp³-hybridized carbons (Fsp3) is 0.231. The second-order valence-electron chi connectivity index (χ2n) is 3.91. The van der Waals surface area contributed by atoms with Crippen molar-refractivity contribution < 1.29 is 14.0 Å². The lowest BCUT2D eigenvalue weighted by Crippen LogP contribution is -2.22. The van der Waals surface area contributed by atoms with Crippen molar-refractivity contribution in [1.82, 2.24) is 5.32 Å². The SMILES string of the molecule is CCNC(=O)c1sc(NC(=O)c2ccco2)cc1C. The van der Waals surface area contributed by atoms with Gasteiger partial charge in [0.05, 0.1) is 16.1 Å². The van der Waals surface area contributed by atoms with Crippen molar-refractivity contribution in [2.45, 2.75) is 13.8 Å². The second kappa shape index (κ2) is 5.71. The van der Waals surface area contributed by atoms with Crippen molar-refractivity contribution in [2.75, 3.05) is 11.9 Å². The Morgan fingerprint density at radius 2 is 2.16 bits per heavy atom. The Balaban J connectivity index is 2.12. The van der Waals surface area contributed by atoms with Gasteiger partial charge in [0, 0.05) is 6.54 Å². The van der Waals surface area contributed by atoms with Gasteiger partial charge in [-0.2, -0.15) is 0 Å². The highest BCUT2D eigenvalue weighted by Gasteiger charge is 2.15. The molecule has 0 saturated carbocycles. The molecule has 0 unspecified atom stereocenters. The number of carbonyl (C=O) groups is 2. The van der Waals surface area contributed by atoms with Crippen LogP contribution in [0.25, 0.3) is 0 Å². The molecule has 2 N–H and O–H groups in total. The zero-order chi connectivity index (χ0) is 13.8. The van der Waals surface area contributed by atoms with Gasteiger partial charge < -0.3 is 15.1 Å². The van der Waals surface area contributed by atoms with Crippen LogP contribution >= 0.6 is 11.3 Å². The topological polar surface area (TPSA) is 71.3 Å². The Morgan fingerprint density at radius 1 is 1.37 bits per heavy atom. The van der Waals surface area contributed by atoms with Crippen LogP contribution in [0.4, 0.5) is 5.00 Å². The number of thiophene rings is 1. The van der Waals surface area contributed by atoms with Gasteiger partial charge in [0.2, 0.25) is 0 Å². The van der Waals surface area contributed by atoms with Crippen LogP contribution in [0.5, 0.6) is 0 Å². The number of aryl methyl sites for hydroxylation is 1. The first-order valence-electron chi connectivity index (χ1n) is 5.85. The first-order valence-corrected chi connectivity index (χ1v) is 6.67. The maximum atomic E-state index is 11.8.